The molecule has 1 aliphatic heterocycles. The maximum Gasteiger partial charge on any atom is 0.264 e. The van der Waals surface area contributed by atoms with Gasteiger partial charge >= 0.3 is 0 Å². The summed E-state index contributed by atoms with van der Waals surface area (Å²) < 4.78 is 39.3. The number of hydrogen-bond acceptors (Lipinski definition) is 5. The minimum atomic E-state index is -3.86. The second-order valence-electron chi connectivity index (χ2n) is 7.33. The van der Waals surface area contributed by atoms with Crippen LogP contribution in [-0.4, -0.2) is 40.1 Å². The molecular formula is C24H24N2O5S. The van der Waals surface area contributed by atoms with E-state index in [-0.39, 0.29) is 24.6 Å². The Kier molecular flexibility index (Phi) is 6.32. The number of nitrogens with one attached hydrogen (secondary N) is 1. The maximum atomic E-state index is 13.3. The highest BCUT2D eigenvalue weighted by Gasteiger charge is 2.37. The fourth-order valence-corrected chi connectivity index (χ4v) is 4.95. The standard InChI is InChI=1S/C24H24N2O5S/c1-18-9-5-7-13-21(18)30-16-15-25-24(27)23-17-26(20-12-6-8-14-22(20)31-23)32(28,29)19-10-3-2-4-11-19/h2-14,23H,15-17H2,1H3,(H,25,27). The highest BCUT2D eigenvalue weighted by molar-refractivity contribution is 7.92. The number of amides is 1. The van der Waals surface area contributed by atoms with Gasteiger partial charge in [0, 0.05) is 0 Å². The van der Waals surface area contributed by atoms with Crippen molar-refractivity contribution in [3.8, 4) is 11.5 Å². The quantitative estimate of drug-likeness (QED) is 0.557. The molecule has 3 aromatic carbocycles. The molecule has 32 heavy (non-hydrogen) atoms. The number of ether oxygens (including phenoxy) is 2. The highest BCUT2D eigenvalue weighted by Crippen LogP contribution is 2.36. The zero-order valence-corrected chi connectivity index (χ0v) is 18.4. The van der Waals surface area contributed by atoms with Crippen molar-refractivity contribution in [2.75, 3.05) is 24.0 Å². The van der Waals surface area contributed by atoms with Gasteiger partial charge in [0.1, 0.15) is 18.1 Å². The largest absolute Gasteiger partial charge is 0.491 e. The molecule has 1 amide bonds. The summed E-state index contributed by atoms with van der Waals surface area (Å²) in [7, 11) is -3.86. The molecular weight excluding hydrogens is 428 g/mol. The van der Waals surface area contributed by atoms with Crippen LogP contribution < -0.4 is 19.1 Å². The van der Waals surface area contributed by atoms with Crippen LogP contribution >= 0.6 is 0 Å². The van der Waals surface area contributed by atoms with Crippen molar-refractivity contribution in [1.82, 2.24) is 5.32 Å². The minimum absolute atomic E-state index is 0.126. The smallest absolute Gasteiger partial charge is 0.264 e. The SMILES string of the molecule is Cc1ccccc1OCCNC(=O)C1CN(S(=O)(=O)c2ccccc2)c2ccccc2O1. The van der Waals surface area contributed by atoms with Crippen LogP contribution in [0.2, 0.25) is 0 Å². The van der Waals surface area contributed by atoms with Gasteiger partial charge in [0.15, 0.2) is 6.10 Å². The van der Waals surface area contributed by atoms with E-state index < -0.39 is 22.0 Å². The van der Waals surface area contributed by atoms with Crippen LogP contribution in [0.3, 0.4) is 0 Å². The molecule has 0 saturated carbocycles. The van der Waals surface area contributed by atoms with Gasteiger partial charge in [-0.1, -0.05) is 48.5 Å². The van der Waals surface area contributed by atoms with Gasteiger partial charge in [-0.25, -0.2) is 8.42 Å². The van der Waals surface area contributed by atoms with E-state index in [0.29, 0.717) is 11.4 Å². The summed E-state index contributed by atoms with van der Waals surface area (Å²) in [5.41, 5.74) is 1.41. The molecule has 0 fully saturated rings. The van der Waals surface area contributed by atoms with Crippen LogP contribution in [-0.2, 0) is 14.8 Å². The Balaban J connectivity index is 1.46. The maximum absolute atomic E-state index is 13.3. The summed E-state index contributed by atoms with van der Waals surface area (Å²) in [5, 5.41) is 2.77. The zero-order chi connectivity index (χ0) is 22.6. The number of para-hydroxylation sites is 3. The number of anilines is 1. The van der Waals surface area contributed by atoms with Gasteiger partial charge in [0.2, 0.25) is 0 Å². The Morgan fingerprint density at radius 2 is 1.72 bits per heavy atom. The fourth-order valence-electron chi connectivity index (χ4n) is 3.45. The number of carbonyl (C=O) groups is 1. The molecule has 0 aromatic heterocycles. The van der Waals surface area contributed by atoms with Crippen molar-refractivity contribution in [3.63, 3.8) is 0 Å². The molecule has 4 rings (SSSR count). The van der Waals surface area contributed by atoms with Gasteiger partial charge in [0.05, 0.1) is 23.7 Å². The normalized spacial score (nSPS) is 15.4. The molecule has 0 saturated heterocycles. The third-order valence-electron chi connectivity index (χ3n) is 5.11. The fraction of sp³-hybridized carbons (Fsp3) is 0.208. The van der Waals surface area contributed by atoms with Crippen LogP contribution in [0.1, 0.15) is 5.56 Å². The van der Waals surface area contributed by atoms with Gasteiger partial charge in [-0.15, -0.1) is 0 Å². The molecule has 1 aliphatic rings. The summed E-state index contributed by atoms with van der Waals surface area (Å²) in [6.45, 7) is 2.37. The number of benzene rings is 3. The van der Waals surface area contributed by atoms with Gasteiger partial charge in [0.25, 0.3) is 15.9 Å². The zero-order valence-electron chi connectivity index (χ0n) is 17.6. The van der Waals surface area contributed by atoms with Crippen molar-refractivity contribution in [2.45, 2.75) is 17.9 Å². The average Bonchev–Trinajstić information content (AvgIpc) is 2.82. The first-order valence-electron chi connectivity index (χ1n) is 10.3. The highest BCUT2D eigenvalue weighted by atomic mass is 32.2. The molecule has 8 heteroatoms. The molecule has 0 aliphatic carbocycles. The lowest BCUT2D eigenvalue weighted by Gasteiger charge is -2.34. The van der Waals surface area contributed by atoms with E-state index in [1.54, 1.807) is 42.5 Å². The lowest BCUT2D eigenvalue weighted by atomic mass is 10.2. The van der Waals surface area contributed by atoms with Gasteiger partial charge in [-0.3, -0.25) is 9.10 Å². The van der Waals surface area contributed by atoms with Gasteiger partial charge in [-0.2, -0.15) is 0 Å². The average molecular weight is 453 g/mol. The molecule has 0 radical (unpaired) electrons. The van der Waals surface area contributed by atoms with Gasteiger partial charge < -0.3 is 14.8 Å². The topological polar surface area (TPSA) is 84.9 Å². The molecule has 0 spiro atoms. The number of hydrogen-bond donors (Lipinski definition) is 1. The number of sulfonamides is 1. The monoisotopic (exact) mass is 452 g/mol. The summed E-state index contributed by atoms with van der Waals surface area (Å²) in [5.74, 6) is 0.695. The van der Waals surface area contributed by atoms with E-state index >= 15 is 0 Å². The summed E-state index contributed by atoms with van der Waals surface area (Å²) in [6.07, 6.45) is -0.984. The predicted molar refractivity (Wildman–Crippen MR) is 122 cm³/mol. The Morgan fingerprint density at radius 3 is 2.50 bits per heavy atom. The Labute approximate surface area is 187 Å². The molecule has 0 bridgehead atoms. The summed E-state index contributed by atoms with van der Waals surface area (Å²) >= 11 is 0. The van der Waals surface area contributed by atoms with Crippen LogP contribution in [0.4, 0.5) is 5.69 Å². The molecule has 1 unspecified atom stereocenters. The first-order valence-corrected chi connectivity index (χ1v) is 11.7. The third kappa shape index (κ3) is 4.55. The van der Waals surface area contributed by atoms with Crippen molar-refractivity contribution in [3.05, 3.63) is 84.4 Å². The first kappa shape index (κ1) is 21.7. The van der Waals surface area contributed by atoms with Crippen molar-refractivity contribution in [1.29, 1.82) is 0 Å². The Bertz CT molecular complexity index is 1200. The number of nitrogens with zero attached hydrogens (tertiary/aromatic N) is 1. The summed E-state index contributed by atoms with van der Waals surface area (Å²) in [4.78, 5) is 12.9. The number of fused-ring (bicyclic) bond motifs is 1. The number of carbonyl (C=O) groups excluding carboxylic acids is 1. The van der Waals surface area contributed by atoms with Crippen molar-refractivity contribution >= 4 is 21.6 Å². The van der Waals surface area contributed by atoms with Crippen molar-refractivity contribution < 1.29 is 22.7 Å². The van der Waals surface area contributed by atoms with E-state index in [1.807, 2.05) is 31.2 Å². The van der Waals surface area contributed by atoms with E-state index in [1.165, 1.54) is 16.4 Å². The van der Waals surface area contributed by atoms with Crippen molar-refractivity contribution in [2.24, 2.45) is 0 Å². The van der Waals surface area contributed by atoms with Crippen LogP contribution in [0.15, 0.2) is 83.8 Å². The molecule has 1 atom stereocenters. The van der Waals surface area contributed by atoms with E-state index in [0.717, 1.165) is 11.3 Å². The molecule has 7 nitrogen and oxygen atoms in total. The second-order valence-corrected chi connectivity index (χ2v) is 9.19. The minimum Gasteiger partial charge on any atom is -0.491 e. The van der Waals surface area contributed by atoms with E-state index in [2.05, 4.69) is 5.32 Å². The Morgan fingerprint density at radius 1 is 1.03 bits per heavy atom. The second kappa shape index (κ2) is 9.32. The van der Waals surface area contributed by atoms with Crippen LogP contribution in [0, 0.1) is 6.92 Å². The van der Waals surface area contributed by atoms with Gasteiger partial charge in [-0.05, 0) is 42.8 Å². The van der Waals surface area contributed by atoms with E-state index in [4.69, 9.17) is 9.47 Å². The number of rotatable bonds is 7. The predicted octanol–water partition coefficient (Wildman–Crippen LogP) is 3.15. The number of aryl methyl sites for hydroxylation is 1. The summed E-state index contributed by atoms with van der Waals surface area (Å²) in [6, 6.07) is 22.6. The molecule has 1 N–H and O–H groups in total. The van der Waals surface area contributed by atoms with E-state index in [9.17, 15) is 13.2 Å². The molecule has 1 heterocycles. The third-order valence-corrected chi connectivity index (χ3v) is 6.90. The molecule has 166 valence electrons. The first-order chi connectivity index (χ1) is 15.5. The lowest BCUT2D eigenvalue weighted by molar-refractivity contribution is -0.127. The van der Waals surface area contributed by atoms with Crippen LogP contribution in [0.25, 0.3) is 0 Å². The molecule has 3 aromatic rings. The lowest BCUT2D eigenvalue weighted by Crippen LogP contribution is -2.51. The Hall–Kier alpha value is -3.52. The van der Waals surface area contributed by atoms with Crippen LogP contribution in [0.5, 0.6) is 11.5 Å².